The Morgan fingerprint density at radius 1 is 1.17 bits per heavy atom. The van der Waals surface area contributed by atoms with Gasteiger partial charge in [-0.1, -0.05) is 18.2 Å². The monoisotopic (exact) mass is 426 g/mol. The minimum Gasteiger partial charge on any atom is -0.484 e. The molecule has 8 heteroatoms. The van der Waals surface area contributed by atoms with E-state index < -0.39 is 0 Å². The van der Waals surface area contributed by atoms with Gasteiger partial charge in [-0.05, 0) is 47.3 Å². The number of carbonyl (C=O) groups is 1. The number of rotatable bonds is 7. The molecule has 1 saturated heterocycles. The van der Waals surface area contributed by atoms with Gasteiger partial charge in [0.25, 0.3) is 5.91 Å². The molecule has 0 atom stereocenters. The van der Waals surface area contributed by atoms with Crippen LogP contribution in [0.15, 0.2) is 61.3 Å². The van der Waals surface area contributed by atoms with Gasteiger partial charge in [0.05, 0.1) is 4.58 Å². The van der Waals surface area contributed by atoms with Gasteiger partial charge in [0.1, 0.15) is 17.9 Å². The fraction of sp³-hybridized carbons (Fsp3) is 0.286. The molecule has 6 nitrogen and oxygen atoms in total. The van der Waals surface area contributed by atoms with Crippen LogP contribution in [-0.4, -0.2) is 38.6 Å². The van der Waals surface area contributed by atoms with Crippen LogP contribution in [0.25, 0.3) is 5.82 Å². The van der Waals surface area contributed by atoms with Crippen molar-refractivity contribution in [1.82, 2.24) is 19.9 Å². The number of nitrogens with one attached hydrogen (secondary N) is 1. The summed E-state index contributed by atoms with van der Waals surface area (Å²) >= 11 is 3.99. The maximum absolute atomic E-state index is 12.1. The van der Waals surface area contributed by atoms with Gasteiger partial charge in [0.2, 0.25) is 0 Å². The van der Waals surface area contributed by atoms with Gasteiger partial charge in [0.15, 0.2) is 6.61 Å². The van der Waals surface area contributed by atoms with Crippen molar-refractivity contribution < 1.29 is 9.53 Å². The van der Waals surface area contributed by atoms with Gasteiger partial charge < -0.3 is 10.1 Å². The van der Waals surface area contributed by atoms with Crippen molar-refractivity contribution in [3.8, 4) is 11.6 Å². The summed E-state index contributed by atoms with van der Waals surface area (Å²) in [6, 6.07) is 11.9. The van der Waals surface area contributed by atoms with E-state index in [0.717, 1.165) is 11.4 Å². The molecule has 0 saturated carbocycles. The normalized spacial score (nSPS) is 14.5. The zero-order chi connectivity index (χ0) is 19.9. The molecule has 0 radical (unpaired) electrons. The number of hydrogen-bond donors (Lipinski definition) is 1. The summed E-state index contributed by atoms with van der Waals surface area (Å²) in [6.45, 7) is 0.404. The van der Waals surface area contributed by atoms with Crippen molar-refractivity contribution in [2.75, 3.05) is 18.1 Å². The summed E-state index contributed by atoms with van der Waals surface area (Å²) in [5, 5.41) is 2.86. The standard InChI is InChI=1S/C21H22N4O2S2/c26-20(24-13-16-2-7-19(23-12-16)25-9-8-22-15-25)14-27-18-5-3-17(4-6-18)21-28-10-1-11-29-21/h2-9,12,15,21H,1,10-11,13-14H2,(H,24,26). The Balaban J connectivity index is 1.21. The van der Waals surface area contributed by atoms with Crippen molar-refractivity contribution in [1.29, 1.82) is 0 Å². The van der Waals surface area contributed by atoms with Gasteiger partial charge in [-0.15, -0.1) is 23.5 Å². The zero-order valence-electron chi connectivity index (χ0n) is 15.9. The highest BCUT2D eigenvalue weighted by atomic mass is 32.2. The molecule has 3 heterocycles. The average molecular weight is 427 g/mol. The minimum absolute atomic E-state index is 0.00712. The highest BCUT2D eigenvalue weighted by Crippen LogP contribution is 2.43. The lowest BCUT2D eigenvalue weighted by molar-refractivity contribution is -0.123. The smallest absolute Gasteiger partial charge is 0.258 e. The van der Waals surface area contributed by atoms with E-state index >= 15 is 0 Å². The van der Waals surface area contributed by atoms with Crippen molar-refractivity contribution in [3.63, 3.8) is 0 Å². The second kappa shape index (κ2) is 9.84. The van der Waals surface area contributed by atoms with Crippen LogP contribution < -0.4 is 10.1 Å². The van der Waals surface area contributed by atoms with Gasteiger partial charge in [-0.2, -0.15) is 0 Å². The van der Waals surface area contributed by atoms with E-state index in [0.29, 0.717) is 16.9 Å². The maximum Gasteiger partial charge on any atom is 0.258 e. The lowest BCUT2D eigenvalue weighted by atomic mass is 10.2. The summed E-state index contributed by atoms with van der Waals surface area (Å²) < 4.78 is 7.95. The second-order valence-electron chi connectivity index (χ2n) is 6.56. The van der Waals surface area contributed by atoms with E-state index in [4.69, 9.17) is 4.74 Å². The van der Waals surface area contributed by atoms with E-state index in [-0.39, 0.29) is 12.5 Å². The SMILES string of the molecule is O=C(COc1ccc(C2SCCCS2)cc1)NCc1ccc(-n2ccnc2)nc1. The zero-order valence-corrected chi connectivity index (χ0v) is 17.5. The molecule has 150 valence electrons. The topological polar surface area (TPSA) is 69.0 Å². The molecular weight excluding hydrogens is 404 g/mol. The number of benzene rings is 1. The Hall–Kier alpha value is -2.45. The number of pyridine rings is 1. The highest BCUT2D eigenvalue weighted by molar-refractivity contribution is 8.16. The van der Waals surface area contributed by atoms with E-state index in [1.54, 1.807) is 18.7 Å². The van der Waals surface area contributed by atoms with Crippen LogP contribution in [0.4, 0.5) is 0 Å². The predicted molar refractivity (Wildman–Crippen MR) is 117 cm³/mol. The number of nitrogens with zero attached hydrogens (tertiary/aromatic N) is 3. The molecule has 1 aromatic carbocycles. The summed E-state index contributed by atoms with van der Waals surface area (Å²) in [5.41, 5.74) is 2.23. The number of ether oxygens (including phenoxy) is 1. The first-order valence-electron chi connectivity index (χ1n) is 9.44. The van der Waals surface area contributed by atoms with Crippen molar-refractivity contribution in [3.05, 3.63) is 72.4 Å². The fourth-order valence-corrected chi connectivity index (χ4v) is 5.76. The van der Waals surface area contributed by atoms with Crippen LogP contribution in [0, 0.1) is 0 Å². The van der Waals surface area contributed by atoms with Crippen LogP contribution in [0.5, 0.6) is 5.75 Å². The Labute approximate surface area is 178 Å². The third-order valence-corrected chi connectivity index (χ3v) is 7.43. The Bertz CT molecular complexity index is 909. The molecule has 1 N–H and O–H groups in total. The number of amides is 1. The Kier molecular flexibility index (Phi) is 6.74. The number of carbonyl (C=O) groups excluding carboxylic acids is 1. The molecule has 3 aromatic rings. The van der Waals surface area contributed by atoms with E-state index in [2.05, 4.69) is 27.4 Å². The minimum atomic E-state index is -0.161. The van der Waals surface area contributed by atoms with Gasteiger partial charge in [0, 0.05) is 25.1 Å². The number of imidazole rings is 1. The van der Waals surface area contributed by atoms with Crippen molar-refractivity contribution in [2.45, 2.75) is 17.5 Å². The maximum atomic E-state index is 12.1. The fourth-order valence-electron chi connectivity index (χ4n) is 2.87. The summed E-state index contributed by atoms with van der Waals surface area (Å²) in [4.78, 5) is 20.5. The first-order chi connectivity index (χ1) is 14.3. The molecule has 1 aliphatic heterocycles. The highest BCUT2D eigenvalue weighted by Gasteiger charge is 2.16. The second-order valence-corrected chi connectivity index (χ2v) is 9.28. The summed E-state index contributed by atoms with van der Waals surface area (Å²) in [6.07, 6.45) is 8.27. The van der Waals surface area contributed by atoms with Crippen molar-refractivity contribution in [2.24, 2.45) is 0 Å². The lowest BCUT2D eigenvalue weighted by Crippen LogP contribution is -2.28. The van der Waals surface area contributed by atoms with Crippen LogP contribution in [0.3, 0.4) is 0 Å². The van der Waals surface area contributed by atoms with E-state index in [1.807, 2.05) is 58.6 Å². The average Bonchev–Trinajstić information content (AvgIpc) is 3.33. The Morgan fingerprint density at radius 2 is 2.00 bits per heavy atom. The van der Waals surface area contributed by atoms with Gasteiger partial charge in [-0.25, -0.2) is 9.97 Å². The van der Waals surface area contributed by atoms with Gasteiger partial charge >= 0.3 is 0 Å². The molecule has 1 aliphatic rings. The van der Waals surface area contributed by atoms with E-state index in [9.17, 15) is 4.79 Å². The van der Waals surface area contributed by atoms with Crippen LogP contribution in [0.2, 0.25) is 0 Å². The molecule has 1 fully saturated rings. The molecular formula is C21H22N4O2S2. The molecule has 4 rings (SSSR count). The molecule has 0 aliphatic carbocycles. The molecule has 2 aromatic heterocycles. The van der Waals surface area contributed by atoms with Crippen molar-refractivity contribution >= 4 is 29.4 Å². The number of thioether (sulfide) groups is 2. The van der Waals surface area contributed by atoms with Crippen LogP contribution in [0.1, 0.15) is 22.1 Å². The number of hydrogen-bond acceptors (Lipinski definition) is 6. The predicted octanol–water partition coefficient (Wildman–Crippen LogP) is 3.83. The summed E-state index contributed by atoms with van der Waals surface area (Å²) in [7, 11) is 0. The first-order valence-corrected chi connectivity index (χ1v) is 11.5. The molecule has 0 spiro atoms. The number of aromatic nitrogens is 3. The third-order valence-electron chi connectivity index (χ3n) is 4.42. The molecule has 29 heavy (non-hydrogen) atoms. The van der Waals surface area contributed by atoms with Crippen LogP contribution in [-0.2, 0) is 11.3 Å². The third kappa shape index (κ3) is 5.55. The Morgan fingerprint density at radius 3 is 2.69 bits per heavy atom. The lowest BCUT2D eigenvalue weighted by Gasteiger charge is -2.21. The largest absolute Gasteiger partial charge is 0.484 e. The van der Waals surface area contributed by atoms with Gasteiger partial charge in [-0.3, -0.25) is 9.36 Å². The summed E-state index contributed by atoms with van der Waals surface area (Å²) in [5.74, 6) is 3.78. The van der Waals surface area contributed by atoms with E-state index in [1.165, 1.54) is 23.5 Å². The molecule has 0 unspecified atom stereocenters. The molecule has 1 amide bonds. The first kappa shape index (κ1) is 19.8. The quantitative estimate of drug-likeness (QED) is 0.619. The van der Waals surface area contributed by atoms with Crippen LogP contribution >= 0.6 is 23.5 Å². The molecule has 0 bridgehead atoms.